The highest BCUT2D eigenvalue weighted by Gasteiger charge is 2.14. The third-order valence-electron chi connectivity index (χ3n) is 6.50. The molecule has 7 aromatic rings. The van der Waals surface area contributed by atoms with Crippen molar-refractivity contribution in [3.8, 4) is 28.7 Å². The minimum absolute atomic E-state index is 0.181. The summed E-state index contributed by atoms with van der Waals surface area (Å²) in [5, 5.41) is 26.2. The first-order valence-electron chi connectivity index (χ1n) is 12.4. The van der Waals surface area contributed by atoms with Crippen LogP contribution in [-0.2, 0) is 0 Å². The Morgan fingerprint density at radius 1 is 0.500 bits per heavy atom. The lowest BCUT2D eigenvalue weighted by atomic mass is 10.1. The number of fused-ring (bicyclic) bond motifs is 3. The number of aromatic hydroxyl groups is 2. The van der Waals surface area contributed by atoms with E-state index in [-0.39, 0.29) is 5.75 Å². The van der Waals surface area contributed by atoms with Crippen molar-refractivity contribution >= 4 is 32.3 Å². The van der Waals surface area contributed by atoms with E-state index in [9.17, 15) is 5.11 Å². The fourth-order valence-corrected chi connectivity index (χ4v) is 4.69. The van der Waals surface area contributed by atoms with E-state index < -0.39 is 0 Å². The van der Waals surface area contributed by atoms with Crippen LogP contribution in [0, 0.1) is 0 Å². The van der Waals surface area contributed by atoms with Gasteiger partial charge in [0.2, 0.25) is 0 Å². The zero-order chi connectivity index (χ0) is 25.9. The highest BCUT2D eigenvalue weighted by atomic mass is 16.5. The number of phenols is 2. The molecule has 184 valence electrons. The molecule has 6 aromatic carbocycles. The lowest BCUT2D eigenvalue weighted by Crippen LogP contribution is -1.95. The van der Waals surface area contributed by atoms with Crippen molar-refractivity contribution in [1.82, 2.24) is 4.57 Å². The molecule has 0 bridgehead atoms. The van der Waals surface area contributed by atoms with E-state index in [4.69, 9.17) is 9.84 Å². The van der Waals surface area contributed by atoms with Crippen LogP contribution in [0.25, 0.3) is 38.0 Å². The molecule has 0 spiro atoms. The largest absolute Gasteiger partial charge is 0.508 e. The molecule has 0 unspecified atom stereocenters. The van der Waals surface area contributed by atoms with E-state index in [1.807, 2.05) is 114 Å². The van der Waals surface area contributed by atoms with Gasteiger partial charge in [0.25, 0.3) is 0 Å². The zero-order valence-corrected chi connectivity index (χ0v) is 20.5. The molecule has 0 aliphatic carbocycles. The van der Waals surface area contributed by atoms with Gasteiger partial charge < -0.3 is 19.5 Å². The molecule has 38 heavy (non-hydrogen) atoms. The predicted octanol–water partition coefficient (Wildman–Crippen LogP) is 8.83. The van der Waals surface area contributed by atoms with E-state index in [0.717, 1.165) is 38.4 Å². The molecular formula is C34H25NO3. The van der Waals surface area contributed by atoms with E-state index in [1.54, 1.807) is 18.2 Å². The van der Waals surface area contributed by atoms with Crippen LogP contribution in [0.2, 0.25) is 0 Å². The van der Waals surface area contributed by atoms with Crippen LogP contribution < -0.4 is 4.74 Å². The Kier molecular flexibility index (Phi) is 6.12. The molecule has 0 atom stereocenters. The van der Waals surface area contributed by atoms with Gasteiger partial charge in [-0.3, -0.25) is 0 Å². The Labute approximate surface area is 220 Å². The van der Waals surface area contributed by atoms with Gasteiger partial charge in [0, 0.05) is 29.2 Å². The summed E-state index contributed by atoms with van der Waals surface area (Å²) in [6, 6.07) is 41.0. The monoisotopic (exact) mass is 495 g/mol. The average molecular weight is 496 g/mol. The maximum Gasteiger partial charge on any atom is 0.143 e. The maximum atomic E-state index is 10.7. The van der Waals surface area contributed by atoms with Crippen LogP contribution in [-0.4, -0.2) is 14.8 Å². The molecule has 4 nitrogen and oxygen atoms in total. The fourth-order valence-electron chi connectivity index (χ4n) is 4.69. The minimum Gasteiger partial charge on any atom is -0.508 e. The first-order chi connectivity index (χ1) is 18.7. The van der Waals surface area contributed by atoms with E-state index >= 15 is 0 Å². The first-order valence-corrected chi connectivity index (χ1v) is 12.4. The van der Waals surface area contributed by atoms with Crippen molar-refractivity contribution in [3.05, 3.63) is 140 Å². The van der Waals surface area contributed by atoms with Gasteiger partial charge in [0.15, 0.2) is 0 Å². The smallest absolute Gasteiger partial charge is 0.143 e. The molecule has 0 aliphatic rings. The van der Waals surface area contributed by atoms with Crippen molar-refractivity contribution in [2.24, 2.45) is 0 Å². The number of rotatable bonds is 3. The number of ether oxygens (including phenoxy) is 1. The summed E-state index contributed by atoms with van der Waals surface area (Å²) >= 11 is 0. The van der Waals surface area contributed by atoms with Crippen LogP contribution in [0.3, 0.4) is 0 Å². The zero-order valence-electron chi connectivity index (χ0n) is 20.5. The third-order valence-corrected chi connectivity index (χ3v) is 6.50. The molecule has 0 fully saturated rings. The summed E-state index contributed by atoms with van der Waals surface area (Å²) in [5.41, 5.74) is 0.751. The molecule has 0 radical (unpaired) electrons. The Balaban J connectivity index is 0.000000200. The second kappa shape index (κ2) is 10.0. The number of hydrogen-bond donors (Lipinski definition) is 2. The minimum atomic E-state index is 0.181. The standard InChI is InChI=1S/C24H17NO2.C10H8O/c26-22-16-23(27-19-12-11-17-7-1-2-8-18(17)15-19)20-9-3-4-10-21(20)24(22)25-13-5-6-14-25;11-10-6-5-8-3-1-2-4-9(8)7-10/h1-16,26H;1-7,11H. The molecule has 0 aliphatic heterocycles. The van der Waals surface area contributed by atoms with Gasteiger partial charge >= 0.3 is 0 Å². The van der Waals surface area contributed by atoms with Gasteiger partial charge in [0.05, 0.1) is 5.69 Å². The van der Waals surface area contributed by atoms with Crippen molar-refractivity contribution < 1.29 is 14.9 Å². The SMILES string of the molecule is Oc1cc(Oc2ccc3ccccc3c2)c2ccccc2c1-n1cccc1.Oc1ccc2ccccc2c1. The highest BCUT2D eigenvalue weighted by Crippen LogP contribution is 2.40. The fraction of sp³-hybridized carbons (Fsp3) is 0. The van der Waals surface area contributed by atoms with Crippen molar-refractivity contribution in [2.45, 2.75) is 0 Å². The number of aromatic nitrogens is 1. The Morgan fingerprint density at radius 2 is 1.08 bits per heavy atom. The molecule has 1 aromatic heterocycles. The summed E-state index contributed by atoms with van der Waals surface area (Å²) in [6.07, 6.45) is 3.84. The Bertz CT molecular complexity index is 1870. The van der Waals surface area contributed by atoms with Crippen LogP contribution in [0.4, 0.5) is 0 Å². The molecule has 0 amide bonds. The quantitative estimate of drug-likeness (QED) is 0.257. The normalized spacial score (nSPS) is 10.8. The Hall–Kier alpha value is -5.22. The average Bonchev–Trinajstić information content (AvgIpc) is 3.48. The number of nitrogens with zero attached hydrogens (tertiary/aromatic N) is 1. The second-order valence-corrected chi connectivity index (χ2v) is 9.02. The number of hydrogen-bond acceptors (Lipinski definition) is 3. The lowest BCUT2D eigenvalue weighted by molar-refractivity contribution is 0.457. The first kappa shape index (κ1) is 23.2. The van der Waals surface area contributed by atoms with Gasteiger partial charge in [-0.2, -0.15) is 0 Å². The van der Waals surface area contributed by atoms with Gasteiger partial charge in [-0.25, -0.2) is 0 Å². The van der Waals surface area contributed by atoms with Crippen LogP contribution in [0.1, 0.15) is 0 Å². The van der Waals surface area contributed by atoms with Gasteiger partial charge in [-0.05, 0) is 57.9 Å². The van der Waals surface area contributed by atoms with Crippen LogP contribution in [0.5, 0.6) is 23.0 Å². The number of benzene rings is 6. The van der Waals surface area contributed by atoms with Crippen LogP contribution in [0.15, 0.2) is 140 Å². The predicted molar refractivity (Wildman–Crippen MR) is 155 cm³/mol. The summed E-state index contributed by atoms with van der Waals surface area (Å²) < 4.78 is 8.10. The third kappa shape index (κ3) is 4.63. The molecule has 4 heteroatoms. The lowest BCUT2D eigenvalue weighted by Gasteiger charge is -2.15. The summed E-state index contributed by atoms with van der Waals surface area (Å²) in [7, 11) is 0. The summed E-state index contributed by atoms with van der Waals surface area (Å²) in [4.78, 5) is 0. The summed E-state index contributed by atoms with van der Waals surface area (Å²) in [5.74, 6) is 1.88. The second-order valence-electron chi connectivity index (χ2n) is 9.02. The molecule has 0 saturated carbocycles. The van der Waals surface area contributed by atoms with Gasteiger partial charge in [-0.1, -0.05) is 84.9 Å². The van der Waals surface area contributed by atoms with Gasteiger partial charge in [-0.15, -0.1) is 0 Å². The highest BCUT2D eigenvalue weighted by molar-refractivity contribution is 5.97. The molecule has 7 rings (SSSR count). The van der Waals surface area contributed by atoms with Crippen molar-refractivity contribution in [3.63, 3.8) is 0 Å². The summed E-state index contributed by atoms with van der Waals surface area (Å²) in [6.45, 7) is 0. The molecule has 1 heterocycles. The van der Waals surface area contributed by atoms with Crippen molar-refractivity contribution in [2.75, 3.05) is 0 Å². The topological polar surface area (TPSA) is 54.6 Å². The maximum absolute atomic E-state index is 10.7. The van der Waals surface area contributed by atoms with Crippen molar-refractivity contribution in [1.29, 1.82) is 0 Å². The molecule has 0 saturated heterocycles. The molecular weight excluding hydrogens is 470 g/mol. The van der Waals surface area contributed by atoms with E-state index in [1.165, 1.54) is 5.39 Å². The van der Waals surface area contributed by atoms with Crippen LogP contribution >= 0.6 is 0 Å². The van der Waals surface area contributed by atoms with Gasteiger partial charge in [0.1, 0.15) is 23.0 Å². The number of phenolic OH excluding ortho intramolecular Hbond substituents is 2. The molecule has 2 N–H and O–H groups in total. The Morgan fingerprint density at radius 3 is 1.79 bits per heavy atom. The van der Waals surface area contributed by atoms with E-state index in [0.29, 0.717) is 11.5 Å². The van der Waals surface area contributed by atoms with E-state index in [2.05, 4.69) is 12.1 Å².